The van der Waals surface area contributed by atoms with E-state index in [-0.39, 0.29) is 11.5 Å². The van der Waals surface area contributed by atoms with E-state index >= 15 is 0 Å². The molecule has 0 spiro atoms. The lowest BCUT2D eigenvalue weighted by Crippen LogP contribution is -2.41. The van der Waals surface area contributed by atoms with Crippen molar-refractivity contribution in [3.63, 3.8) is 0 Å². The maximum atomic E-state index is 11.8. The number of aldehydes is 1. The smallest absolute Gasteiger partial charge is 0.186 e. The lowest BCUT2D eigenvalue weighted by molar-refractivity contribution is -0.0898. The Hall–Kier alpha value is -1.24. The van der Waals surface area contributed by atoms with Crippen LogP contribution in [0.4, 0.5) is 0 Å². The Kier molecular flexibility index (Phi) is 4.72. The van der Waals surface area contributed by atoms with E-state index in [1.807, 2.05) is 27.7 Å². The van der Waals surface area contributed by atoms with Crippen LogP contribution in [-0.2, 0) is 25.1 Å². The number of benzene rings is 1. The quantitative estimate of drug-likeness (QED) is 0.771. The van der Waals surface area contributed by atoms with Crippen molar-refractivity contribution in [2.24, 2.45) is 0 Å². The minimum atomic E-state index is -3.15. The Morgan fingerprint density at radius 3 is 2.17 bits per heavy atom. The maximum Gasteiger partial charge on any atom is 0.186 e. The molecule has 1 fully saturated rings. The molecule has 0 N–H and O–H groups in total. The fourth-order valence-electron chi connectivity index (χ4n) is 2.35. The van der Waals surface area contributed by atoms with Crippen molar-refractivity contribution >= 4 is 16.1 Å². The second-order valence-corrected chi connectivity index (χ2v) is 9.20. The number of carbonyl (C=O) groups excluding carboxylic acids is 1. The van der Waals surface area contributed by atoms with Gasteiger partial charge in [0, 0.05) is 16.9 Å². The van der Waals surface area contributed by atoms with Gasteiger partial charge >= 0.3 is 0 Å². The standard InChI is InChI=1S/C17H24O5S/c1-6-23(19,20)11-12-7-8-13(10-18)14(9-12)15-21-16(2,3)17(4,5)22-15/h7-10,15H,6,11H2,1-5H3. The third-order valence-corrected chi connectivity index (χ3v) is 6.26. The van der Waals surface area contributed by atoms with Crippen LogP contribution in [-0.4, -0.2) is 31.7 Å². The van der Waals surface area contributed by atoms with E-state index in [1.54, 1.807) is 25.1 Å². The molecule has 1 heterocycles. The highest BCUT2D eigenvalue weighted by molar-refractivity contribution is 7.90. The highest BCUT2D eigenvalue weighted by Gasteiger charge is 2.49. The summed E-state index contributed by atoms with van der Waals surface area (Å²) >= 11 is 0. The summed E-state index contributed by atoms with van der Waals surface area (Å²) in [6.45, 7) is 9.33. The molecule has 1 saturated heterocycles. The summed E-state index contributed by atoms with van der Waals surface area (Å²) in [5, 5.41) is 0. The van der Waals surface area contributed by atoms with Crippen molar-refractivity contribution in [1.29, 1.82) is 0 Å². The summed E-state index contributed by atoms with van der Waals surface area (Å²) in [5.74, 6) is 0.0173. The van der Waals surface area contributed by atoms with Crippen molar-refractivity contribution in [2.45, 2.75) is 57.9 Å². The largest absolute Gasteiger partial charge is 0.339 e. The zero-order valence-electron chi connectivity index (χ0n) is 14.3. The SMILES string of the molecule is CCS(=O)(=O)Cc1ccc(C=O)c(C2OC(C)(C)C(C)(C)O2)c1. The van der Waals surface area contributed by atoms with Gasteiger partial charge in [0.05, 0.1) is 17.0 Å². The van der Waals surface area contributed by atoms with Crippen molar-refractivity contribution in [1.82, 2.24) is 0 Å². The summed E-state index contributed by atoms with van der Waals surface area (Å²) in [6, 6.07) is 4.97. The molecule has 1 aliphatic rings. The average molecular weight is 340 g/mol. The fourth-order valence-corrected chi connectivity index (χ4v) is 3.24. The molecule has 0 amide bonds. The summed E-state index contributed by atoms with van der Waals surface area (Å²) in [4.78, 5) is 11.3. The van der Waals surface area contributed by atoms with Gasteiger partial charge in [-0.05, 0) is 39.3 Å². The Morgan fingerprint density at radius 2 is 1.70 bits per heavy atom. The number of ether oxygens (including phenoxy) is 2. The molecule has 0 aromatic heterocycles. The zero-order valence-corrected chi connectivity index (χ0v) is 15.1. The normalized spacial score (nSPS) is 20.6. The first-order valence-electron chi connectivity index (χ1n) is 7.65. The van der Waals surface area contributed by atoms with Crippen LogP contribution in [0.1, 0.15) is 62.4 Å². The van der Waals surface area contributed by atoms with Crippen LogP contribution >= 0.6 is 0 Å². The van der Waals surface area contributed by atoms with Gasteiger partial charge in [0.2, 0.25) is 0 Å². The van der Waals surface area contributed by atoms with Crippen LogP contribution in [0.5, 0.6) is 0 Å². The number of sulfone groups is 1. The minimum absolute atomic E-state index is 0.0604. The maximum absolute atomic E-state index is 11.8. The molecule has 1 aromatic rings. The molecule has 5 nitrogen and oxygen atoms in total. The van der Waals surface area contributed by atoms with Gasteiger partial charge in [-0.1, -0.05) is 19.1 Å². The molecular formula is C17H24O5S. The summed E-state index contributed by atoms with van der Waals surface area (Å²) in [7, 11) is -3.15. The van der Waals surface area contributed by atoms with Gasteiger partial charge in [0.1, 0.15) is 0 Å². The monoisotopic (exact) mass is 340 g/mol. The first-order chi connectivity index (χ1) is 10.5. The van der Waals surface area contributed by atoms with Gasteiger partial charge in [-0.3, -0.25) is 4.79 Å². The molecule has 6 heteroatoms. The van der Waals surface area contributed by atoms with E-state index in [0.29, 0.717) is 16.7 Å². The van der Waals surface area contributed by atoms with Crippen molar-refractivity contribution in [2.75, 3.05) is 5.75 Å². The van der Waals surface area contributed by atoms with Gasteiger partial charge in [-0.25, -0.2) is 8.42 Å². The topological polar surface area (TPSA) is 69.7 Å². The van der Waals surface area contributed by atoms with E-state index < -0.39 is 27.3 Å². The third-order valence-electron chi connectivity index (χ3n) is 4.61. The van der Waals surface area contributed by atoms with Crippen LogP contribution in [0.2, 0.25) is 0 Å². The second kappa shape index (κ2) is 6.00. The molecule has 128 valence electrons. The highest BCUT2D eigenvalue weighted by atomic mass is 32.2. The van der Waals surface area contributed by atoms with Crippen molar-refractivity contribution in [3.05, 3.63) is 34.9 Å². The van der Waals surface area contributed by atoms with E-state index in [2.05, 4.69) is 0 Å². The molecule has 0 radical (unpaired) electrons. The summed E-state index contributed by atoms with van der Waals surface area (Å²) in [6.07, 6.45) is 0.0443. The van der Waals surface area contributed by atoms with Gasteiger partial charge in [-0.15, -0.1) is 0 Å². The number of hydrogen-bond acceptors (Lipinski definition) is 5. The summed E-state index contributed by atoms with van der Waals surface area (Å²) in [5.41, 5.74) is 0.595. The Labute approximate surface area is 137 Å². The van der Waals surface area contributed by atoms with Gasteiger partial charge in [0.15, 0.2) is 22.4 Å². The van der Waals surface area contributed by atoms with Crippen LogP contribution in [0.25, 0.3) is 0 Å². The minimum Gasteiger partial charge on any atom is -0.339 e. The third kappa shape index (κ3) is 3.65. The fraction of sp³-hybridized carbons (Fsp3) is 0.588. The van der Waals surface area contributed by atoms with E-state index in [1.165, 1.54) is 0 Å². The molecule has 23 heavy (non-hydrogen) atoms. The summed E-state index contributed by atoms with van der Waals surface area (Å²) < 4.78 is 35.6. The molecule has 0 unspecified atom stereocenters. The molecule has 0 bridgehead atoms. The molecule has 1 aromatic carbocycles. The predicted molar refractivity (Wildman–Crippen MR) is 88.1 cm³/mol. The van der Waals surface area contributed by atoms with E-state index in [9.17, 15) is 13.2 Å². The van der Waals surface area contributed by atoms with Gasteiger partial charge in [0.25, 0.3) is 0 Å². The lowest BCUT2D eigenvalue weighted by atomic mass is 9.90. The highest BCUT2D eigenvalue weighted by Crippen LogP contribution is 2.45. The Bertz CT molecular complexity index is 688. The Morgan fingerprint density at radius 1 is 1.13 bits per heavy atom. The van der Waals surface area contributed by atoms with Crippen molar-refractivity contribution in [3.8, 4) is 0 Å². The second-order valence-electron chi connectivity index (χ2n) is 6.85. The number of rotatable bonds is 5. The van der Waals surface area contributed by atoms with Gasteiger partial charge in [-0.2, -0.15) is 0 Å². The molecule has 1 aliphatic heterocycles. The van der Waals surface area contributed by atoms with E-state index in [4.69, 9.17) is 9.47 Å². The zero-order chi connectivity index (χ0) is 17.5. The van der Waals surface area contributed by atoms with E-state index in [0.717, 1.165) is 6.29 Å². The first-order valence-corrected chi connectivity index (χ1v) is 9.47. The Balaban J connectivity index is 2.40. The molecule has 0 atom stereocenters. The van der Waals surface area contributed by atoms with Gasteiger partial charge < -0.3 is 9.47 Å². The van der Waals surface area contributed by atoms with Crippen LogP contribution < -0.4 is 0 Å². The molecule has 0 aliphatic carbocycles. The van der Waals surface area contributed by atoms with Crippen LogP contribution in [0.3, 0.4) is 0 Å². The lowest BCUT2D eigenvalue weighted by Gasteiger charge is -2.30. The number of carbonyl (C=O) groups is 1. The predicted octanol–water partition coefficient (Wildman–Crippen LogP) is 3.04. The first kappa shape index (κ1) is 18.1. The molecular weight excluding hydrogens is 316 g/mol. The van der Waals surface area contributed by atoms with Crippen LogP contribution in [0.15, 0.2) is 18.2 Å². The van der Waals surface area contributed by atoms with Crippen molar-refractivity contribution < 1.29 is 22.7 Å². The van der Waals surface area contributed by atoms with Crippen LogP contribution in [0, 0.1) is 0 Å². The number of hydrogen-bond donors (Lipinski definition) is 0. The molecule has 0 saturated carbocycles. The average Bonchev–Trinajstić information content (AvgIpc) is 2.67. The molecule has 2 rings (SSSR count).